The predicted molar refractivity (Wildman–Crippen MR) is 80.6 cm³/mol. The van der Waals surface area contributed by atoms with E-state index in [0.717, 1.165) is 12.8 Å². The lowest BCUT2D eigenvalue weighted by Crippen LogP contribution is -2.51. The van der Waals surface area contributed by atoms with Crippen molar-refractivity contribution in [1.29, 1.82) is 0 Å². The molecule has 0 N–H and O–H groups in total. The van der Waals surface area contributed by atoms with Gasteiger partial charge in [0.1, 0.15) is 5.60 Å². The number of likely N-dealkylation sites (tertiary alicyclic amines) is 1. The molecule has 0 bridgehead atoms. The highest BCUT2D eigenvalue weighted by Crippen LogP contribution is 2.24. The fourth-order valence-corrected chi connectivity index (χ4v) is 4.76. The summed E-state index contributed by atoms with van der Waals surface area (Å²) in [7, 11) is -3.09. The van der Waals surface area contributed by atoms with Crippen LogP contribution in [0.4, 0.5) is 4.79 Å². The van der Waals surface area contributed by atoms with Crippen LogP contribution in [0.5, 0.6) is 0 Å². The number of rotatable bonds is 1. The molecule has 2 saturated heterocycles. The molecule has 2 heterocycles. The SMILES string of the molecule is CC(C)(C)OC(=O)N1CCC(N2CCCCS2(=O)=O)CC1. The first kappa shape index (κ1) is 16.5. The largest absolute Gasteiger partial charge is 0.444 e. The summed E-state index contributed by atoms with van der Waals surface area (Å²) >= 11 is 0. The molecule has 6 nitrogen and oxygen atoms in total. The van der Waals surface area contributed by atoms with Crippen LogP contribution in [0.15, 0.2) is 0 Å². The second-order valence-corrected chi connectivity index (χ2v) is 8.87. The third-order valence-electron chi connectivity index (χ3n) is 3.91. The Morgan fingerprint density at radius 2 is 1.71 bits per heavy atom. The number of hydrogen-bond acceptors (Lipinski definition) is 4. The van der Waals surface area contributed by atoms with Gasteiger partial charge in [-0.3, -0.25) is 0 Å². The van der Waals surface area contributed by atoms with E-state index >= 15 is 0 Å². The molecule has 0 radical (unpaired) electrons. The number of amides is 1. The first-order valence-corrected chi connectivity index (χ1v) is 9.27. The minimum atomic E-state index is -3.09. The Kier molecular flexibility index (Phi) is 4.82. The smallest absolute Gasteiger partial charge is 0.410 e. The summed E-state index contributed by atoms with van der Waals surface area (Å²) in [6, 6.07) is 0.0361. The normalized spacial score (nSPS) is 24.8. The lowest BCUT2D eigenvalue weighted by atomic mass is 10.1. The van der Waals surface area contributed by atoms with Crippen molar-refractivity contribution in [3.05, 3.63) is 0 Å². The van der Waals surface area contributed by atoms with Gasteiger partial charge in [-0.2, -0.15) is 4.31 Å². The summed E-state index contributed by atoms with van der Waals surface area (Å²) < 4.78 is 31.2. The van der Waals surface area contributed by atoms with Gasteiger partial charge in [-0.25, -0.2) is 13.2 Å². The van der Waals surface area contributed by atoms with Crippen LogP contribution in [0, 0.1) is 0 Å². The molecule has 0 aromatic rings. The Morgan fingerprint density at radius 3 is 2.24 bits per heavy atom. The first-order valence-electron chi connectivity index (χ1n) is 7.66. The molecule has 1 amide bonds. The summed E-state index contributed by atoms with van der Waals surface area (Å²) in [5.74, 6) is 0.263. The van der Waals surface area contributed by atoms with Crippen molar-refractivity contribution < 1.29 is 17.9 Å². The second kappa shape index (κ2) is 6.12. The van der Waals surface area contributed by atoms with Crippen LogP contribution in [0.2, 0.25) is 0 Å². The molecule has 0 spiro atoms. The van der Waals surface area contributed by atoms with Gasteiger partial charge in [-0.05, 0) is 46.5 Å². The van der Waals surface area contributed by atoms with Crippen molar-refractivity contribution in [3.8, 4) is 0 Å². The van der Waals surface area contributed by atoms with Crippen LogP contribution in [0.25, 0.3) is 0 Å². The number of hydrogen-bond donors (Lipinski definition) is 0. The quantitative estimate of drug-likeness (QED) is 0.739. The molecule has 21 heavy (non-hydrogen) atoms. The van der Waals surface area contributed by atoms with Crippen molar-refractivity contribution in [2.24, 2.45) is 0 Å². The van der Waals surface area contributed by atoms with E-state index in [-0.39, 0.29) is 17.9 Å². The molecule has 0 saturated carbocycles. The third-order valence-corrected chi connectivity index (χ3v) is 5.91. The molecule has 0 aliphatic carbocycles. The maximum atomic E-state index is 12.1. The van der Waals surface area contributed by atoms with Gasteiger partial charge in [-0.1, -0.05) is 0 Å². The van der Waals surface area contributed by atoms with E-state index in [1.54, 1.807) is 9.21 Å². The molecule has 2 fully saturated rings. The minimum Gasteiger partial charge on any atom is -0.444 e. The van der Waals surface area contributed by atoms with Gasteiger partial charge in [0.2, 0.25) is 10.0 Å². The molecular weight excluding hydrogens is 292 g/mol. The van der Waals surface area contributed by atoms with Gasteiger partial charge in [0.15, 0.2) is 0 Å². The number of carbonyl (C=O) groups is 1. The molecule has 2 aliphatic heterocycles. The summed E-state index contributed by atoms with van der Waals surface area (Å²) in [6.07, 6.45) is 2.78. The van der Waals surface area contributed by atoms with Crippen LogP contribution in [-0.4, -0.2) is 60.7 Å². The Hall–Kier alpha value is -0.820. The Morgan fingerprint density at radius 1 is 1.10 bits per heavy atom. The van der Waals surface area contributed by atoms with Crippen LogP contribution in [0.3, 0.4) is 0 Å². The maximum Gasteiger partial charge on any atom is 0.410 e. The Labute approximate surface area is 127 Å². The molecule has 122 valence electrons. The molecule has 2 rings (SSSR count). The molecule has 0 unspecified atom stereocenters. The van der Waals surface area contributed by atoms with Crippen molar-refractivity contribution in [1.82, 2.24) is 9.21 Å². The molecule has 0 aromatic heterocycles. The standard InChI is InChI=1S/C14H26N2O4S/c1-14(2,3)20-13(17)15-9-6-12(7-10-15)16-8-4-5-11-21(16,18)19/h12H,4-11H2,1-3H3. The summed E-state index contributed by atoms with van der Waals surface area (Å²) in [6.45, 7) is 7.28. The molecule has 0 aromatic carbocycles. The molecule has 2 aliphatic rings. The van der Waals surface area contributed by atoms with E-state index in [9.17, 15) is 13.2 Å². The highest BCUT2D eigenvalue weighted by atomic mass is 32.2. The van der Waals surface area contributed by atoms with Crippen molar-refractivity contribution >= 4 is 16.1 Å². The van der Waals surface area contributed by atoms with Gasteiger partial charge >= 0.3 is 6.09 Å². The third kappa shape index (κ3) is 4.32. The van der Waals surface area contributed by atoms with E-state index in [0.29, 0.717) is 32.5 Å². The van der Waals surface area contributed by atoms with E-state index in [2.05, 4.69) is 0 Å². The highest BCUT2D eigenvalue weighted by Gasteiger charge is 2.35. The van der Waals surface area contributed by atoms with Crippen LogP contribution in [-0.2, 0) is 14.8 Å². The first-order chi connectivity index (χ1) is 9.69. The number of carbonyl (C=O) groups excluding carboxylic acids is 1. The van der Waals surface area contributed by atoms with E-state index in [1.165, 1.54) is 0 Å². The topological polar surface area (TPSA) is 66.9 Å². The zero-order valence-corrected chi connectivity index (χ0v) is 14.0. The predicted octanol–water partition coefficient (Wildman–Crippen LogP) is 1.81. The van der Waals surface area contributed by atoms with Gasteiger partial charge < -0.3 is 9.64 Å². The van der Waals surface area contributed by atoms with Crippen LogP contribution in [0.1, 0.15) is 46.5 Å². The van der Waals surface area contributed by atoms with E-state index in [1.807, 2.05) is 20.8 Å². The fourth-order valence-electron chi connectivity index (χ4n) is 2.88. The number of ether oxygens (including phenoxy) is 1. The Balaban J connectivity index is 1.90. The summed E-state index contributed by atoms with van der Waals surface area (Å²) in [5.41, 5.74) is -0.496. The average Bonchev–Trinajstić information content (AvgIpc) is 2.36. The summed E-state index contributed by atoms with van der Waals surface area (Å²) in [4.78, 5) is 13.7. The lowest BCUT2D eigenvalue weighted by molar-refractivity contribution is 0.0177. The van der Waals surface area contributed by atoms with Crippen LogP contribution < -0.4 is 0 Å². The van der Waals surface area contributed by atoms with Crippen LogP contribution >= 0.6 is 0 Å². The molecule has 7 heteroatoms. The van der Waals surface area contributed by atoms with E-state index < -0.39 is 15.6 Å². The molecule has 0 atom stereocenters. The summed E-state index contributed by atoms with van der Waals surface area (Å²) in [5, 5.41) is 0. The zero-order chi connectivity index (χ0) is 15.7. The second-order valence-electron chi connectivity index (χ2n) is 6.83. The van der Waals surface area contributed by atoms with Gasteiger partial charge in [0, 0.05) is 25.7 Å². The number of sulfonamides is 1. The van der Waals surface area contributed by atoms with Crippen molar-refractivity contribution in [2.45, 2.75) is 58.1 Å². The fraction of sp³-hybridized carbons (Fsp3) is 0.929. The zero-order valence-electron chi connectivity index (χ0n) is 13.2. The van der Waals surface area contributed by atoms with Gasteiger partial charge in [-0.15, -0.1) is 0 Å². The van der Waals surface area contributed by atoms with Gasteiger partial charge in [0.25, 0.3) is 0 Å². The number of piperidine rings is 1. The minimum absolute atomic E-state index is 0.0361. The van der Waals surface area contributed by atoms with E-state index in [4.69, 9.17) is 4.74 Å². The maximum absolute atomic E-state index is 12.1. The van der Waals surface area contributed by atoms with Crippen molar-refractivity contribution in [2.75, 3.05) is 25.4 Å². The monoisotopic (exact) mass is 318 g/mol. The lowest BCUT2D eigenvalue weighted by Gasteiger charge is -2.39. The Bertz CT molecular complexity index is 476. The van der Waals surface area contributed by atoms with Gasteiger partial charge in [0.05, 0.1) is 5.75 Å². The highest BCUT2D eigenvalue weighted by molar-refractivity contribution is 7.89. The average molecular weight is 318 g/mol. The van der Waals surface area contributed by atoms with Crippen molar-refractivity contribution in [3.63, 3.8) is 0 Å². The molecular formula is C14H26N2O4S. The number of nitrogens with zero attached hydrogens (tertiary/aromatic N) is 2.